The predicted molar refractivity (Wildman–Crippen MR) is 123 cm³/mol. The van der Waals surface area contributed by atoms with Gasteiger partial charge in [0.15, 0.2) is 5.82 Å². The molecular formula is C22H18ClN5O3S. The number of carbonyl (C=O) groups is 2. The van der Waals surface area contributed by atoms with E-state index >= 15 is 0 Å². The minimum absolute atomic E-state index is 0.218. The molecule has 32 heavy (non-hydrogen) atoms. The number of nitrogens with one attached hydrogen (secondary N) is 1. The van der Waals surface area contributed by atoms with Crippen LogP contribution in [0.15, 0.2) is 53.9 Å². The molecule has 1 N–H and O–H groups in total. The molecule has 0 bridgehead atoms. The molecule has 0 spiro atoms. The van der Waals surface area contributed by atoms with Gasteiger partial charge in [-0.15, -0.1) is 16.4 Å². The molecule has 1 amide bonds. The van der Waals surface area contributed by atoms with Gasteiger partial charge < -0.3 is 10.1 Å². The molecule has 0 radical (unpaired) electrons. The second-order valence-corrected chi connectivity index (χ2v) is 8.06. The lowest BCUT2D eigenvalue weighted by Gasteiger charge is -2.09. The van der Waals surface area contributed by atoms with Crippen LogP contribution in [0.5, 0.6) is 0 Å². The average molecular weight is 468 g/mol. The molecule has 2 aromatic heterocycles. The van der Waals surface area contributed by atoms with Gasteiger partial charge in [-0.25, -0.2) is 9.48 Å². The normalized spacial score (nSPS) is 10.7. The Hall–Kier alpha value is -3.56. The van der Waals surface area contributed by atoms with Crippen LogP contribution in [-0.4, -0.2) is 38.7 Å². The molecule has 2 aromatic carbocycles. The molecule has 162 valence electrons. The van der Waals surface area contributed by atoms with Gasteiger partial charge in [-0.2, -0.15) is 0 Å². The number of nitrogens with zero attached hydrogens (tertiary/aromatic N) is 4. The van der Waals surface area contributed by atoms with Crippen molar-refractivity contribution in [2.45, 2.75) is 6.92 Å². The molecule has 10 heteroatoms. The van der Waals surface area contributed by atoms with E-state index in [0.717, 1.165) is 5.56 Å². The van der Waals surface area contributed by atoms with Crippen molar-refractivity contribution in [2.24, 2.45) is 7.05 Å². The van der Waals surface area contributed by atoms with Crippen LogP contribution in [0.2, 0.25) is 5.02 Å². The number of anilines is 1. The van der Waals surface area contributed by atoms with E-state index in [1.807, 2.05) is 23.6 Å². The maximum absolute atomic E-state index is 13.0. The Morgan fingerprint density at radius 2 is 1.94 bits per heavy atom. The van der Waals surface area contributed by atoms with Crippen molar-refractivity contribution >= 4 is 39.8 Å². The van der Waals surface area contributed by atoms with E-state index in [1.54, 1.807) is 44.3 Å². The molecule has 0 aliphatic rings. The fourth-order valence-corrected chi connectivity index (χ4v) is 4.22. The smallest absolute Gasteiger partial charge is 0.341 e. The maximum atomic E-state index is 13.0. The van der Waals surface area contributed by atoms with Gasteiger partial charge in [-0.05, 0) is 47.2 Å². The van der Waals surface area contributed by atoms with Crippen LogP contribution in [0.1, 0.15) is 27.6 Å². The van der Waals surface area contributed by atoms with Gasteiger partial charge in [0.2, 0.25) is 0 Å². The molecule has 0 atom stereocenters. The third kappa shape index (κ3) is 4.39. The monoisotopic (exact) mass is 467 g/mol. The lowest BCUT2D eigenvalue weighted by Crippen LogP contribution is -2.15. The molecule has 0 saturated carbocycles. The van der Waals surface area contributed by atoms with Gasteiger partial charge in [-0.3, -0.25) is 4.79 Å². The summed E-state index contributed by atoms with van der Waals surface area (Å²) in [5, 5.41) is 17.1. The van der Waals surface area contributed by atoms with Crippen molar-refractivity contribution in [3.8, 4) is 22.5 Å². The zero-order chi connectivity index (χ0) is 22.7. The van der Waals surface area contributed by atoms with Crippen LogP contribution in [0.25, 0.3) is 22.5 Å². The summed E-state index contributed by atoms with van der Waals surface area (Å²) in [6.45, 7) is 1.95. The topological polar surface area (TPSA) is 99.0 Å². The van der Waals surface area contributed by atoms with E-state index in [-0.39, 0.29) is 12.5 Å². The first-order valence-corrected chi connectivity index (χ1v) is 10.9. The van der Waals surface area contributed by atoms with E-state index in [4.69, 9.17) is 16.3 Å². The van der Waals surface area contributed by atoms with Crippen molar-refractivity contribution < 1.29 is 14.3 Å². The highest BCUT2D eigenvalue weighted by atomic mass is 35.5. The van der Waals surface area contributed by atoms with Gasteiger partial charge in [0.25, 0.3) is 5.91 Å². The second kappa shape index (κ2) is 9.29. The van der Waals surface area contributed by atoms with Crippen molar-refractivity contribution in [3.05, 3.63) is 70.1 Å². The molecule has 4 aromatic rings. The maximum Gasteiger partial charge on any atom is 0.341 e. The molecular weight excluding hydrogens is 450 g/mol. The van der Waals surface area contributed by atoms with E-state index in [2.05, 4.69) is 20.8 Å². The Morgan fingerprint density at radius 3 is 2.62 bits per heavy atom. The summed E-state index contributed by atoms with van der Waals surface area (Å²) in [5.74, 6) is -0.335. The Labute approximate surface area is 192 Å². The molecule has 0 saturated heterocycles. The SMILES string of the molecule is CCOC(=O)c1c(-c2ccc(Cl)cc2)csc1NC(=O)c1cccc(-c2nnnn2C)c1. The quantitative estimate of drug-likeness (QED) is 0.413. The number of aromatic nitrogens is 4. The van der Waals surface area contributed by atoms with Crippen LogP contribution < -0.4 is 5.32 Å². The molecule has 2 heterocycles. The Balaban J connectivity index is 1.67. The van der Waals surface area contributed by atoms with Gasteiger partial charge in [-0.1, -0.05) is 35.9 Å². The first kappa shape index (κ1) is 21.7. The molecule has 0 aliphatic heterocycles. The summed E-state index contributed by atoms with van der Waals surface area (Å²) in [6.07, 6.45) is 0. The first-order chi connectivity index (χ1) is 15.5. The van der Waals surface area contributed by atoms with Crippen LogP contribution in [0, 0.1) is 0 Å². The minimum Gasteiger partial charge on any atom is -0.462 e. The first-order valence-electron chi connectivity index (χ1n) is 9.66. The fourth-order valence-electron chi connectivity index (χ4n) is 3.15. The standard InChI is InChI=1S/C22H18ClN5O3S/c1-3-31-22(30)18-17(13-7-9-16(23)10-8-13)12-32-21(18)24-20(29)15-6-4-5-14(11-15)19-25-26-27-28(19)2/h4-12H,3H2,1-2H3,(H,24,29). The number of tetrazole rings is 1. The highest BCUT2D eigenvalue weighted by Gasteiger charge is 2.23. The van der Waals surface area contributed by atoms with Crippen LogP contribution >= 0.6 is 22.9 Å². The Bertz CT molecular complexity index is 1280. The number of thiophene rings is 1. The fraction of sp³-hybridized carbons (Fsp3) is 0.136. The lowest BCUT2D eigenvalue weighted by molar-refractivity contribution is 0.0529. The highest BCUT2D eigenvalue weighted by Crippen LogP contribution is 2.37. The number of halogens is 1. The third-order valence-electron chi connectivity index (χ3n) is 4.66. The van der Waals surface area contributed by atoms with Crippen molar-refractivity contribution in [3.63, 3.8) is 0 Å². The zero-order valence-electron chi connectivity index (χ0n) is 17.2. The Morgan fingerprint density at radius 1 is 1.16 bits per heavy atom. The number of esters is 1. The third-order valence-corrected chi connectivity index (χ3v) is 5.80. The largest absolute Gasteiger partial charge is 0.462 e. The lowest BCUT2D eigenvalue weighted by atomic mass is 10.0. The number of carbonyl (C=O) groups excluding carboxylic acids is 2. The van der Waals surface area contributed by atoms with Gasteiger partial charge >= 0.3 is 5.97 Å². The molecule has 8 nitrogen and oxygen atoms in total. The summed E-state index contributed by atoms with van der Waals surface area (Å²) in [4.78, 5) is 25.7. The number of ether oxygens (including phenoxy) is 1. The highest BCUT2D eigenvalue weighted by molar-refractivity contribution is 7.15. The van der Waals surface area contributed by atoms with E-state index in [9.17, 15) is 9.59 Å². The summed E-state index contributed by atoms with van der Waals surface area (Å²) in [6, 6.07) is 14.1. The number of hydrogen-bond donors (Lipinski definition) is 1. The second-order valence-electron chi connectivity index (χ2n) is 6.74. The van der Waals surface area contributed by atoms with E-state index in [1.165, 1.54) is 16.0 Å². The number of hydrogen-bond acceptors (Lipinski definition) is 7. The number of aryl methyl sites for hydroxylation is 1. The summed E-state index contributed by atoms with van der Waals surface area (Å²) in [5.41, 5.74) is 2.87. The molecule has 0 aliphatic carbocycles. The summed E-state index contributed by atoms with van der Waals surface area (Å²) >= 11 is 7.25. The number of benzene rings is 2. The van der Waals surface area contributed by atoms with Crippen molar-refractivity contribution in [2.75, 3.05) is 11.9 Å². The predicted octanol–water partition coefficient (Wildman–Crippen LogP) is 4.69. The van der Waals surface area contributed by atoms with E-state index in [0.29, 0.717) is 38.1 Å². The number of amides is 1. The van der Waals surface area contributed by atoms with Crippen LogP contribution in [0.4, 0.5) is 5.00 Å². The summed E-state index contributed by atoms with van der Waals surface area (Å²) in [7, 11) is 1.72. The van der Waals surface area contributed by atoms with Crippen molar-refractivity contribution in [1.29, 1.82) is 0 Å². The molecule has 0 fully saturated rings. The van der Waals surface area contributed by atoms with Crippen LogP contribution in [0.3, 0.4) is 0 Å². The van der Waals surface area contributed by atoms with E-state index < -0.39 is 5.97 Å². The van der Waals surface area contributed by atoms with Crippen LogP contribution in [-0.2, 0) is 11.8 Å². The van der Waals surface area contributed by atoms with Gasteiger partial charge in [0.1, 0.15) is 10.6 Å². The minimum atomic E-state index is -0.507. The zero-order valence-corrected chi connectivity index (χ0v) is 18.8. The van der Waals surface area contributed by atoms with Crippen molar-refractivity contribution in [1.82, 2.24) is 20.2 Å². The van der Waals surface area contributed by atoms with Gasteiger partial charge in [0, 0.05) is 34.1 Å². The molecule has 4 rings (SSSR count). The summed E-state index contributed by atoms with van der Waals surface area (Å²) < 4.78 is 6.77. The number of rotatable bonds is 6. The Kier molecular flexibility index (Phi) is 6.29. The average Bonchev–Trinajstić information content (AvgIpc) is 3.41. The van der Waals surface area contributed by atoms with Gasteiger partial charge in [0.05, 0.1) is 6.61 Å². The molecule has 0 unspecified atom stereocenters.